The number of nitrogens with zero attached hydrogens (tertiary/aromatic N) is 3. The Kier molecular flexibility index (Phi) is 7.13. The summed E-state index contributed by atoms with van der Waals surface area (Å²) in [7, 11) is 3.19. The van der Waals surface area contributed by atoms with Crippen molar-refractivity contribution in [2.45, 2.75) is 18.9 Å². The van der Waals surface area contributed by atoms with E-state index < -0.39 is 6.04 Å². The number of hydrogen-bond acceptors (Lipinski definition) is 8. The molecule has 9 nitrogen and oxygen atoms in total. The van der Waals surface area contributed by atoms with Gasteiger partial charge in [0.05, 0.1) is 20.1 Å². The maximum Gasteiger partial charge on any atom is 0.248 e. The van der Waals surface area contributed by atoms with Gasteiger partial charge in [0.1, 0.15) is 17.5 Å². The molecule has 2 amide bonds. The lowest BCUT2D eigenvalue weighted by Gasteiger charge is -2.23. The van der Waals surface area contributed by atoms with Gasteiger partial charge in [-0.3, -0.25) is 9.59 Å². The fourth-order valence-corrected chi connectivity index (χ4v) is 4.56. The number of amides is 2. The lowest BCUT2D eigenvalue weighted by Crippen LogP contribution is -2.44. The number of benzene rings is 2. The van der Waals surface area contributed by atoms with E-state index in [-0.39, 0.29) is 18.2 Å². The first-order chi connectivity index (χ1) is 16.1. The zero-order chi connectivity index (χ0) is 23.2. The molecule has 1 saturated heterocycles. The van der Waals surface area contributed by atoms with Gasteiger partial charge < -0.3 is 24.2 Å². The number of aromatic nitrogens is 2. The highest BCUT2D eigenvalue weighted by Crippen LogP contribution is 2.25. The van der Waals surface area contributed by atoms with Crippen molar-refractivity contribution >= 4 is 29.3 Å². The Morgan fingerprint density at radius 2 is 1.76 bits per heavy atom. The first-order valence-corrected chi connectivity index (χ1v) is 11.5. The van der Waals surface area contributed by atoms with Crippen molar-refractivity contribution in [1.82, 2.24) is 15.0 Å². The van der Waals surface area contributed by atoms with Gasteiger partial charge in [-0.15, -0.1) is 11.8 Å². The van der Waals surface area contributed by atoms with Crippen molar-refractivity contribution in [2.24, 2.45) is 0 Å². The lowest BCUT2D eigenvalue weighted by atomic mass is 10.2. The summed E-state index contributed by atoms with van der Waals surface area (Å²) in [5.74, 6) is 2.96. The Morgan fingerprint density at radius 1 is 1.09 bits per heavy atom. The smallest absolute Gasteiger partial charge is 0.248 e. The van der Waals surface area contributed by atoms with Gasteiger partial charge in [0.15, 0.2) is 0 Å². The number of aryl methyl sites for hydroxylation is 1. The fourth-order valence-electron chi connectivity index (χ4n) is 3.38. The van der Waals surface area contributed by atoms with Crippen LogP contribution in [-0.4, -0.2) is 58.7 Å². The van der Waals surface area contributed by atoms with Gasteiger partial charge in [-0.2, -0.15) is 4.98 Å². The first-order valence-electron chi connectivity index (χ1n) is 10.4. The highest BCUT2D eigenvalue weighted by Gasteiger charge is 2.34. The van der Waals surface area contributed by atoms with Crippen LogP contribution >= 0.6 is 11.8 Å². The molecule has 3 aromatic rings. The third kappa shape index (κ3) is 5.46. The third-order valence-electron chi connectivity index (χ3n) is 5.23. The first kappa shape index (κ1) is 22.7. The van der Waals surface area contributed by atoms with E-state index in [1.165, 1.54) is 0 Å². The van der Waals surface area contributed by atoms with Crippen LogP contribution in [0.2, 0.25) is 0 Å². The van der Waals surface area contributed by atoms with E-state index in [0.29, 0.717) is 41.2 Å². The number of nitrogens with one attached hydrogen (secondary N) is 1. The number of ether oxygens (including phenoxy) is 2. The van der Waals surface area contributed by atoms with Crippen molar-refractivity contribution < 1.29 is 23.6 Å². The molecule has 0 spiro atoms. The van der Waals surface area contributed by atoms with Crippen molar-refractivity contribution in [3.05, 3.63) is 54.4 Å². The van der Waals surface area contributed by atoms with E-state index >= 15 is 0 Å². The second kappa shape index (κ2) is 10.4. The molecule has 4 rings (SSSR count). The van der Waals surface area contributed by atoms with Gasteiger partial charge in [0.2, 0.25) is 23.5 Å². The largest absolute Gasteiger partial charge is 0.497 e. The van der Waals surface area contributed by atoms with Crippen LogP contribution in [0.4, 0.5) is 5.69 Å². The Labute approximate surface area is 195 Å². The summed E-state index contributed by atoms with van der Waals surface area (Å²) in [6.45, 7) is 0. The molecule has 1 aliphatic rings. The molecule has 10 heteroatoms. The van der Waals surface area contributed by atoms with Crippen LogP contribution in [0, 0.1) is 0 Å². The zero-order valence-electron chi connectivity index (χ0n) is 18.3. The van der Waals surface area contributed by atoms with E-state index in [2.05, 4.69) is 15.5 Å². The molecule has 2 aromatic carbocycles. The van der Waals surface area contributed by atoms with E-state index in [4.69, 9.17) is 14.0 Å². The molecule has 1 fully saturated rings. The normalized spacial score (nSPS) is 15.3. The van der Waals surface area contributed by atoms with Crippen molar-refractivity contribution in [3.8, 4) is 22.9 Å². The van der Waals surface area contributed by atoms with E-state index in [1.807, 2.05) is 24.3 Å². The number of carbonyl (C=O) groups is 2. The average molecular weight is 469 g/mol. The van der Waals surface area contributed by atoms with Crippen LogP contribution in [0.1, 0.15) is 12.3 Å². The Morgan fingerprint density at radius 3 is 2.42 bits per heavy atom. The summed E-state index contributed by atoms with van der Waals surface area (Å²) >= 11 is 1.55. The van der Waals surface area contributed by atoms with Crippen LogP contribution in [0.5, 0.6) is 11.5 Å². The highest BCUT2D eigenvalue weighted by atomic mass is 32.2. The summed E-state index contributed by atoms with van der Waals surface area (Å²) in [5.41, 5.74) is 1.45. The summed E-state index contributed by atoms with van der Waals surface area (Å²) in [5, 5.41) is 6.86. The lowest BCUT2D eigenvalue weighted by molar-refractivity contribution is -0.136. The number of methoxy groups -OCH3 is 2. The summed E-state index contributed by atoms with van der Waals surface area (Å²) in [6, 6.07) is 13.9. The molecule has 1 aromatic heterocycles. The number of anilines is 1. The number of rotatable bonds is 8. The van der Waals surface area contributed by atoms with Crippen LogP contribution in [0.3, 0.4) is 0 Å². The highest BCUT2D eigenvalue weighted by molar-refractivity contribution is 7.99. The summed E-state index contributed by atoms with van der Waals surface area (Å²) < 4.78 is 15.6. The second-order valence-electron chi connectivity index (χ2n) is 7.34. The fraction of sp³-hybridized carbons (Fsp3) is 0.304. The molecule has 0 bridgehead atoms. The minimum Gasteiger partial charge on any atom is -0.497 e. The van der Waals surface area contributed by atoms with Gasteiger partial charge in [-0.05, 0) is 48.5 Å². The molecular weight excluding hydrogens is 444 g/mol. The van der Waals surface area contributed by atoms with Crippen molar-refractivity contribution in [3.63, 3.8) is 0 Å². The average Bonchev–Trinajstić information content (AvgIpc) is 3.53. The minimum atomic E-state index is -0.526. The Balaban J connectivity index is 1.32. The molecule has 0 aliphatic carbocycles. The molecule has 1 unspecified atom stereocenters. The molecule has 33 heavy (non-hydrogen) atoms. The van der Waals surface area contributed by atoms with E-state index in [0.717, 1.165) is 11.3 Å². The van der Waals surface area contributed by atoms with Crippen LogP contribution in [-0.2, 0) is 16.0 Å². The van der Waals surface area contributed by atoms with Crippen LogP contribution in [0.25, 0.3) is 11.4 Å². The van der Waals surface area contributed by atoms with E-state index in [9.17, 15) is 9.59 Å². The van der Waals surface area contributed by atoms with Gasteiger partial charge in [-0.25, -0.2) is 0 Å². The maximum atomic E-state index is 12.8. The molecule has 1 N–H and O–H groups in total. The van der Waals surface area contributed by atoms with E-state index in [1.54, 1.807) is 55.1 Å². The SMILES string of the molecule is COc1ccc(NC(=O)C2CSCN2C(=O)CCc2nc(-c3ccc(OC)cc3)no2)cc1. The van der Waals surface area contributed by atoms with Gasteiger partial charge in [0, 0.05) is 29.8 Å². The predicted molar refractivity (Wildman–Crippen MR) is 124 cm³/mol. The van der Waals surface area contributed by atoms with Gasteiger partial charge in [0.25, 0.3) is 0 Å². The van der Waals surface area contributed by atoms with Gasteiger partial charge >= 0.3 is 0 Å². The van der Waals surface area contributed by atoms with Crippen LogP contribution < -0.4 is 14.8 Å². The molecule has 172 valence electrons. The molecule has 0 radical (unpaired) electrons. The summed E-state index contributed by atoms with van der Waals surface area (Å²) in [4.78, 5) is 31.6. The molecular formula is C23H24N4O5S. The van der Waals surface area contributed by atoms with Crippen molar-refractivity contribution in [2.75, 3.05) is 31.2 Å². The molecule has 0 saturated carbocycles. The quantitative estimate of drug-likeness (QED) is 0.537. The third-order valence-corrected chi connectivity index (χ3v) is 6.24. The number of hydrogen-bond donors (Lipinski definition) is 1. The minimum absolute atomic E-state index is 0.126. The maximum absolute atomic E-state index is 12.8. The Hall–Kier alpha value is -3.53. The standard InChI is InChI=1S/C23H24N4O5S/c1-30-17-7-3-15(4-8-17)22-25-20(32-26-22)11-12-21(28)27-14-33-13-19(27)23(29)24-16-5-9-18(31-2)10-6-16/h3-10,19H,11-14H2,1-2H3,(H,24,29). The topological polar surface area (TPSA) is 107 Å². The zero-order valence-corrected chi connectivity index (χ0v) is 19.1. The molecule has 1 atom stereocenters. The molecule has 1 aliphatic heterocycles. The number of carbonyl (C=O) groups excluding carboxylic acids is 2. The predicted octanol–water partition coefficient (Wildman–Crippen LogP) is 3.23. The van der Waals surface area contributed by atoms with Crippen LogP contribution in [0.15, 0.2) is 53.1 Å². The second-order valence-corrected chi connectivity index (χ2v) is 8.34. The van der Waals surface area contributed by atoms with Gasteiger partial charge in [-0.1, -0.05) is 5.16 Å². The summed E-state index contributed by atoms with van der Waals surface area (Å²) in [6.07, 6.45) is 0.479. The number of thioether (sulfide) groups is 1. The van der Waals surface area contributed by atoms with Crippen molar-refractivity contribution in [1.29, 1.82) is 0 Å². The molecule has 2 heterocycles. The Bertz CT molecular complexity index is 1100. The monoisotopic (exact) mass is 468 g/mol.